The zero-order valence-electron chi connectivity index (χ0n) is 7.93. The summed E-state index contributed by atoms with van der Waals surface area (Å²) in [5, 5.41) is 8.72. The fourth-order valence-electron chi connectivity index (χ4n) is 1.35. The van der Waals surface area contributed by atoms with Crippen LogP contribution in [0.4, 0.5) is 0 Å². The lowest BCUT2D eigenvalue weighted by atomic mass is 10.2. The summed E-state index contributed by atoms with van der Waals surface area (Å²) in [5.74, 6) is 0. The largest absolute Gasteiger partial charge is 0.304 e. The summed E-state index contributed by atoms with van der Waals surface area (Å²) in [6, 6.07) is 4.51. The van der Waals surface area contributed by atoms with Crippen molar-refractivity contribution in [1.82, 2.24) is 10.3 Å². The lowest BCUT2D eigenvalue weighted by molar-refractivity contribution is 0.636. The van der Waals surface area contributed by atoms with Crippen LogP contribution in [0.1, 0.15) is 22.9 Å². The molecule has 2 aromatic heterocycles. The topological polar surface area (TPSA) is 24.9 Å². The zero-order valence-corrected chi connectivity index (χ0v) is 9.57. The molecule has 1 N–H and O–H groups in total. The Morgan fingerprint density at radius 2 is 2.36 bits per heavy atom. The van der Waals surface area contributed by atoms with Gasteiger partial charge in [0.05, 0.1) is 6.04 Å². The zero-order chi connectivity index (χ0) is 9.80. The highest BCUT2D eigenvalue weighted by atomic mass is 32.1. The third kappa shape index (κ3) is 2.03. The quantitative estimate of drug-likeness (QED) is 0.863. The third-order valence-electron chi connectivity index (χ3n) is 1.93. The minimum Gasteiger partial charge on any atom is -0.304 e. The Kier molecular flexibility index (Phi) is 3.29. The van der Waals surface area contributed by atoms with Crippen LogP contribution in [0.3, 0.4) is 0 Å². The average Bonchev–Trinajstić information content (AvgIpc) is 2.87. The fourth-order valence-corrected chi connectivity index (χ4v) is 2.95. The third-order valence-corrected chi connectivity index (χ3v) is 3.71. The maximum atomic E-state index is 4.35. The van der Waals surface area contributed by atoms with E-state index in [1.807, 2.05) is 11.6 Å². The molecule has 0 amide bonds. The van der Waals surface area contributed by atoms with E-state index >= 15 is 0 Å². The van der Waals surface area contributed by atoms with Crippen molar-refractivity contribution < 1.29 is 0 Å². The molecule has 2 heterocycles. The first-order chi connectivity index (χ1) is 6.92. The van der Waals surface area contributed by atoms with Gasteiger partial charge in [-0.05, 0) is 18.0 Å². The van der Waals surface area contributed by atoms with E-state index in [9.17, 15) is 0 Å². The maximum absolute atomic E-state index is 4.35. The predicted molar refractivity (Wildman–Crippen MR) is 62.0 cm³/mol. The molecule has 2 nitrogen and oxygen atoms in total. The molecule has 1 unspecified atom stereocenters. The summed E-state index contributed by atoms with van der Waals surface area (Å²) in [6.07, 6.45) is 1.86. The molecule has 1 atom stereocenters. The molecular formula is C10H12N2S2. The Morgan fingerprint density at radius 1 is 1.43 bits per heavy atom. The second-order valence-electron chi connectivity index (χ2n) is 2.88. The van der Waals surface area contributed by atoms with Crippen molar-refractivity contribution in [3.05, 3.63) is 39.0 Å². The first kappa shape index (κ1) is 9.83. The van der Waals surface area contributed by atoms with Crippen LogP contribution in [0, 0.1) is 0 Å². The van der Waals surface area contributed by atoms with E-state index in [1.54, 1.807) is 22.7 Å². The van der Waals surface area contributed by atoms with E-state index in [4.69, 9.17) is 0 Å². The molecule has 0 radical (unpaired) electrons. The van der Waals surface area contributed by atoms with Gasteiger partial charge in [-0.25, -0.2) is 4.98 Å². The van der Waals surface area contributed by atoms with E-state index in [-0.39, 0.29) is 6.04 Å². The van der Waals surface area contributed by atoms with Gasteiger partial charge in [0.15, 0.2) is 0 Å². The normalized spacial score (nSPS) is 12.9. The van der Waals surface area contributed by atoms with E-state index in [0.29, 0.717) is 0 Å². The number of aromatic nitrogens is 1. The molecular weight excluding hydrogens is 212 g/mol. The van der Waals surface area contributed by atoms with Crippen molar-refractivity contribution in [2.24, 2.45) is 0 Å². The average molecular weight is 224 g/mol. The number of nitrogens with one attached hydrogen (secondary N) is 1. The number of thiazole rings is 1. The summed E-state index contributed by atoms with van der Waals surface area (Å²) in [5.41, 5.74) is 0. The van der Waals surface area contributed by atoms with E-state index in [1.165, 1.54) is 4.88 Å². The smallest absolute Gasteiger partial charge is 0.115 e. The molecule has 0 aromatic carbocycles. The molecule has 0 aliphatic rings. The van der Waals surface area contributed by atoms with Crippen molar-refractivity contribution in [1.29, 1.82) is 0 Å². The molecule has 0 spiro atoms. The lowest BCUT2D eigenvalue weighted by Gasteiger charge is -2.12. The monoisotopic (exact) mass is 224 g/mol. The van der Waals surface area contributed by atoms with Gasteiger partial charge < -0.3 is 5.32 Å². The highest BCUT2D eigenvalue weighted by Crippen LogP contribution is 2.26. The Balaban J connectivity index is 2.25. The highest BCUT2D eigenvalue weighted by Gasteiger charge is 2.15. The molecule has 0 saturated carbocycles. The van der Waals surface area contributed by atoms with Crippen LogP contribution in [0.5, 0.6) is 0 Å². The molecule has 4 heteroatoms. The first-order valence-corrected chi connectivity index (χ1v) is 6.34. The second kappa shape index (κ2) is 4.68. The van der Waals surface area contributed by atoms with Gasteiger partial charge in [-0.3, -0.25) is 0 Å². The highest BCUT2D eigenvalue weighted by molar-refractivity contribution is 7.11. The summed E-state index contributed by atoms with van der Waals surface area (Å²) in [7, 11) is 0. The van der Waals surface area contributed by atoms with Crippen molar-refractivity contribution in [2.75, 3.05) is 6.54 Å². The summed E-state index contributed by atoms with van der Waals surface area (Å²) >= 11 is 3.48. The SMILES string of the molecule is CCNC(c1cccs1)c1nccs1. The number of thiophene rings is 1. The standard InChI is InChI=1S/C10H12N2S2/c1-2-11-9(8-4-3-6-13-8)10-12-5-7-14-10/h3-7,9,11H,2H2,1H3. The van der Waals surface area contributed by atoms with Gasteiger partial charge in [0.25, 0.3) is 0 Å². The van der Waals surface area contributed by atoms with Crippen LogP contribution < -0.4 is 5.32 Å². The molecule has 0 saturated heterocycles. The Hall–Kier alpha value is -0.710. The molecule has 0 aliphatic carbocycles. The van der Waals surface area contributed by atoms with Gasteiger partial charge in [-0.15, -0.1) is 22.7 Å². The molecule has 2 rings (SSSR count). The van der Waals surface area contributed by atoms with Gasteiger partial charge >= 0.3 is 0 Å². The summed E-state index contributed by atoms with van der Waals surface area (Å²) < 4.78 is 0. The van der Waals surface area contributed by atoms with Crippen LogP contribution in [0.25, 0.3) is 0 Å². The molecule has 0 aliphatic heterocycles. The molecule has 74 valence electrons. The van der Waals surface area contributed by atoms with E-state index in [0.717, 1.165) is 11.6 Å². The van der Waals surface area contributed by atoms with Gasteiger partial charge in [0.2, 0.25) is 0 Å². The van der Waals surface area contributed by atoms with Crippen molar-refractivity contribution in [3.63, 3.8) is 0 Å². The van der Waals surface area contributed by atoms with E-state index in [2.05, 4.69) is 34.7 Å². The van der Waals surface area contributed by atoms with Gasteiger partial charge in [-0.2, -0.15) is 0 Å². The molecule has 0 bridgehead atoms. The number of hydrogen-bond donors (Lipinski definition) is 1. The fraction of sp³-hybridized carbons (Fsp3) is 0.300. The molecule has 0 fully saturated rings. The number of hydrogen-bond acceptors (Lipinski definition) is 4. The van der Waals surface area contributed by atoms with Crippen LogP contribution in [0.2, 0.25) is 0 Å². The second-order valence-corrected chi connectivity index (χ2v) is 4.78. The van der Waals surface area contributed by atoms with Crippen molar-refractivity contribution >= 4 is 22.7 Å². The Labute approximate surface area is 91.6 Å². The minimum absolute atomic E-state index is 0.278. The molecule has 2 aromatic rings. The summed E-state index contributed by atoms with van der Waals surface area (Å²) in [4.78, 5) is 5.69. The minimum atomic E-state index is 0.278. The molecule has 14 heavy (non-hydrogen) atoms. The maximum Gasteiger partial charge on any atom is 0.115 e. The van der Waals surface area contributed by atoms with Crippen LogP contribution in [0.15, 0.2) is 29.1 Å². The van der Waals surface area contributed by atoms with E-state index < -0.39 is 0 Å². The Morgan fingerprint density at radius 3 is 2.93 bits per heavy atom. The van der Waals surface area contributed by atoms with Gasteiger partial charge in [-0.1, -0.05) is 13.0 Å². The lowest BCUT2D eigenvalue weighted by Crippen LogP contribution is -2.20. The van der Waals surface area contributed by atoms with Crippen LogP contribution >= 0.6 is 22.7 Å². The van der Waals surface area contributed by atoms with Gasteiger partial charge in [0.1, 0.15) is 5.01 Å². The predicted octanol–water partition coefficient (Wildman–Crippen LogP) is 2.90. The van der Waals surface area contributed by atoms with Crippen molar-refractivity contribution in [3.8, 4) is 0 Å². The summed E-state index contributed by atoms with van der Waals surface area (Å²) in [6.45, 7) is 3.08. The Bertz CT molecular complexity index is 319. The number of rotatable bonds is 4. The first-order valence-electron chi connectivity index (χ1n) is 4.58. The van der Waals surface area contributed by atoms with Crippen molar-refractivity contribution in [2.45, 2.75) is 13.0 Å². The van der Waals surface area contributed by atoms with Gasteiger partial charge in [0, 0.05) is 16.5 Å². The number of nitrogens with zero attached hydrogens (tertiary/aromatic N) is 1. The van der Waals surface area contributed by atoms with Crippen LogP contribution in [-0.2, 0) is 0 Å². The van der Waals surface area contributed by atoms with Crippen LogP contribution in [-0.4, -0.2) is 11.5 Å².